The van der Waals surface area contributed by atoms with Gasteiger partial charge in [0, 0.05) is 22.6 Å². The van der Waals surface area contributed by atoms with Crippen LogP contribution in [-0.2, 0) is 0 Å². The van der Waals surface area contributed by atoms with E-state index in [1.54, 1.807) is 0 Å². The van der Waals surface area contributed by atoms with Crippen LogP contribution in [0.2, 0.25) is 5.02 Å². The molecule has 1 N–H and O–H groups in total. The highest BCUT2D eigenvalue weighted by Crippen LogP contribution is 2.21. The van der Waals surface area contributed by atoms with Crippen molar-refractivity contribution in [2.75, 3.05) is 0 Å². The van der Waals surface area contributed by atoms with Crippen LogP contribution < -0.4 is 0 Å². The van der Waals surface area contributed by atoms with E-state index in [1.165, 1.54) is 5.69 Å². The number of H-pyrrole nitrogens is 1. The average molecular weight is 253 g/mol. The lowest BCUT2D eigenvalue weighted by atomic mass is 10.1. The Morgan fingerprint density at radius 3 is 2.44 bits per heavy atom. The second-order valence-electron chi connectivity index (χ2n) is 3.99. The Morgan fingerprint density at radius 2 is 1.88 bits per heavy atom. The first-order valence-corrected chi connectivity index (χ1v) is 5.94. The van der Waals surface area contributed by atoms with Gasteiger partial charge in [0.1, 0.15) is 0 Å². The van der Waals surface area contributed by atoms with Crippen molar-refractivity contribution < 1.29 is 0 Å². The van der Waals surface area contributed by atoms with Crippen LogP contribution in [0.3, 0.4) is 0 Å². The number of nitrogens with one attached hydrogen (secondary N) is 1. The molecular weight excluding hydrogens is 240 g/mol. The molecule has 1 aromatic heterocycles. The maximum Gasteiger partial charge on any atom is 0.182 e. The van der Waals surface area contributed by atoms with Crippen LogP contribution in [0.4, 0.5) is 0 Å². The second kappa shape index (κ2) is 4.44. The van der Waals surface area contributed by atoms with Gasteiger partial charge in [-0.2, -0.15) is 0 Å². The van der Waals surface area contributed by atoms with Gasteiger partial charge >= 0.3 is 0 Å². The Bertz CT molecular complexity index is 537. The minimum Gasteiger partial charge on any atom is -0.337 e. The topological polar surface area (TPSA) is 20.7 Å². The van der Waals surface area contributed by atoms with Gasteiger partial charge < -0.3 is 4.98 Å². The van der Waals surface area contributed by atoms with E-state index in [2.05, 4.69) is 18.8 Å². The lowest BCUT2D eigenvalue weighted by molar-refractivity contribution is 0.783. The van der Waals surface area contributed by atoms with Gasteiger partial charge in [-0.1, -0.05) is 25.4 Å². The highest BCUT2D eigenvalue weighted by Gasteiger charge is 2.09. The van der Waals surface area contributed by atoms with Crippen LogP contribution in [0.15, 0.2) is 30.5 Å². The summed E-state index contributed by atoms with van der Waals surface area (Å²) >= 11 is 11.2. The van der Waals surface area contributed by atoms with Crippen molar-refractivity contribution in [2.24, 2.45) is 0 Å². The molecule has 0 radical (unpaired) electrons. The standard InChI is InChI=1S/C12H13ClN2S/c1-8(2)11-7-14-12(16)15(11)10-5-3-9(13)4-6-10/h3-8H,1-2H3,(H,14,16). The van der Waals surface area contributed by atoms with E-state index in [1.807, 2.05) is 35.0 Å². The van der Waals surface area contributed by atoms with Crippen LogP contribution in [0.25, 0.3) is 5.69 Å². The van der Waals surface area contributed by atoms with Gasteiger partial charge in [0.15, 0.2) is 4.77 Å². The first-order valence-electron chi connectivity index (χ1n) is 5.16. The van der Waals surface area contributed by atoms with E-state index in [-0.39, 0.29) is 0 Å². The summed E-state index contributed by atoms with van der Waals surface area (Å²) < 4.78 is 2.75. The van der Waals surface area contributed by atoms with Crippen molar-refractivity contribution >= 4 is 23.8 Å². The highest BCUT2D eigenvalue weighted by molar-refractivity contribution is 7.71. The zero-order valence-corrected chi connectivity index (χ0v) is 10.8. The number of nitrogens with zero attached hydrogens (tertiary/aromatic N) is 1. The monoisotopic (exact) mass is 252 g/mol. The molecule has 0 fully saturated rings. The minimum atomic E-state index is 0.420. The van der Waals surface area contributed by atoms with E-state index in [9.17, 15) is 0 Å². The fraction of sp³-hybridized carbons (Fsp3) is 0.250. The molecule has 0 amide bonds. The Labute approximate surface area is 105 Å². The Morgan fingerprint density at radius 1 is 1.25 bits per heavy atom. The van der Waals surface area contributed by atoms with E-state index in [0.29, 0.717) is 10.7 Å². The SMILES string of the molecule is CC(C)c1c[nH]c(=S)n1-c1ccc(Cl)cc1. The molecule has 0 aliphatic heterocycles. The van der Waals surface area contributed by atoms with Gasteiger partial charge in [-0.15, -0.1) is 0 Å². The summed E-state index contributed by atoms with van der Waals surface area (Å²) in [7, 11) is 0. The summed E-state index contributed by atoms with van der Waals surface area (Å²) in [6.07, 6.45) is 1.96. The van der Waals surface area contributed by atoms with Crippen molar-refractivity contribution in [3.63, 3.8) is 0 Å². The third-order valence-electron chi connectivity index (χ3n) is 2.48. The number of aromatic nitrogens is 2. The zero-order valence-electron chi connectivity index (χ0n) is 9.20. The molecule has 0 saturated carbocycles. The highest BCUT2D eigenvalue weighted by atomic mass is 35.5. The molecule has 0 bridgehead atoms. The Balaban J connectivity index is 2.59. The van der Waals surface area contributed by atoms with E-state index >= 15 is 0 Å². The lowest BCUT2D eigenvalue weighted by Crippen LogP contribution is -2.01. The fourth-order valence-electron chi connectivity index (χ4n) is 1.66. The molecule has 0 saturated heterocycles. The molecular formula is C12H13ClN2S. The van der Waals surface area contributed by atoms with Crippen molar-refractivity contribution in [1.82, 2.24) is 9.55 Å². The van der Waals surface area contributed by atoms with E-state index in [0.717, 1.165) is 10.7 Å². The number of imidazole rings is 1. The second-order valence-corrected chi connectivity index (χ2v) is 4.81. The summed E-state index contributed by atoms with van der Waals surface area (Å²) in [5.41, 5.74) is 2.21. The number of halogens is 1. The first-order chi connectivity index (χ1) is 7.59. The number of hydrogen-bond acceptors (Lipinski definition) is 1. The zero-order chi connectivity index (χ0) is 11.7. The maximum absolute atomic E-state index is 5.87. The third-order valence-corrected chi connectivity index (χ3v) is 3.03. The maximum atomic E-state index is 5.87. The van der Waals surface area contributed by atoms with Gasteiger partial charge in [-0.25, -0.2) is 0 Å². The number of benzene rings is 1. The molecule has 0 atom stereocenters. The summed E-state index contributed by atoms with van der Waals surface area (Å²) in [6, 6.07) is 7.68. The number of aromatic amines is 1. The van der Waals surface area contributed by atoms with Crippen LogP contribution in [-0.4, -0.2) is 9.55 Å². The molecule has 0 aliphatic carbocycles. The quantitative estimate of drug-likeness (QED) is 0.790. The Kier molecular flexibility index (Phi) is 3.17. The molecule has 1 aromatic carbocycles. The predicted octanol–water partition coefficient (Wildman–Crippen LogP) is 4.31. The molecule has 2 rings (SSSR count). The van der Waals surface area contributed by atoms with Crippen LogP contribution >= 0.6 is 23.8 Å². The molecule has 1 heterocycles. The van der Waals surface area contributed by atoms with Gasteiger partial charge in [0.2, 0.25) is 0 Å². The molecule has 0 unspecified atom stereocenters. The van der Waals surface area contributed by atoms with Crippen molar-refractivity contribution in [1.29, 1.82) is 0 Å². The molecule has 2 nitrogen and oxygen atoms in total. The number of rotatable bonds is 2. The van der Waals surface area contributed by atoms with Crippen molar-refractivity contribution in [2.45, 2.75) is 19.8 Å². The molecule has 4 heteroatoms. The molecule has 84 valence electrons. The minimum absolute atomic E-state index is 0.420. The molecule has 2 aromatic rings. The normalized spacial score (nSPS) is 11.0. The molecule has 16 heavy (non-hydrogen) atoms. The van der Waals surface area contributed by atoms with Crippen LogP contribution in [0, 0.1) is 4.77 Å². The molecule has 0 spiro atoms. The summed E-state index contributed by atoms with van der Waals surface area (Å²) in [5, 5.41) is 0.733. The van der Waals surface area contributed by atoms with Gasteiger partial charge in [-0.05, 0) is 42.4 Å². The van der Waals surface area contributed by atoms with Gasteiger partial charge in [0.25, 0.3) is 0 Å². The lowest BCUT2D eigenvalue weighted by Gasteiger charge is -2.10. The van der Waals surface area contributed by atoms with Crippen molar-refractivity contribution in [3.8, 4) is 5.69 Å². The predicted molar refractivity (Wildman–Crippen MR) is 70.1 cm³/mol. The number of hydrogen-bond donors (Lipinski definition) is 1. The third kappa shape index (κ3) is 2.06. The van der Waals surface area contributed by atoms with E-state index < -0.39 is 0 Å². The fourth-order valence-corrected chi connectivity index (χ4v) is 2.06. The summed E-state index contributed by atoms with van der Waals surface area (Å²) in [4.78, 5) is 3.08. The van der Waals surface area contributed by atoms with E-state index in [4.69, 9.17) is 23.8 Å². The average Bonchev–Trinajstić information content (AvgIpc) is 2.62. The van der Waals surface area contributed by atoms with Crippen LogP contribution in [0.5, 0.6) is 0 Å². The Hall–Kier alpha value is -1.06. The summed E-state index contributed by atoms with van der Waals surface area (Å²) in [5.74, 6) is 0.420. The van der Waals surface area contributed by atoms with Gasteiger partial charge in [0.05, 0.1) is 0 Å². The van der Waals surface area contributed by atoms with Crippen molar-refractivity contribution in [3.05, 3.63) is 45.9 Å². The smallest absolute Gasteiger partial charge is 0.182 e. The largest absolute Gasteiger partial charge is 0.337 e. The summed E-state index contributed by atoms with van der Waals surface area (Å²) in [6.45, 7) is 4.29. The van der Waals surface area contributed by atoms with Gasteiger partial charge in [-0.3, -0.25) is 4.57 Å². The first kappa shape index (κ1) is 11.4. The molecule has 0 aliphatic rings. The van der Waals surface area contributed by atoms with Crippen LogP contribution in [0.1, 0.15) is 25.5 Å².